The normalized spacial score (nSPS) is 13.6. The van der Waals surface area contributed by atoms with Crippen LogP contribution in [0.5, 0.6) is 0 Å². The van der Waals surface area contributed by atoms with Crippen molar-refractivity contribution < 1.29 is 4.57 Å². The highest BCUT2D eigenvalue weighted by Crippen LogP contribution is 2.28. The van der Waals surface area contributed by atoms with Crippen LogP contribution in [0.2, 0.25) is 0 Å². The molecule has 0 aliphatic heterocycles. The molecule has 0 bridgehead atoms. The van der Waals surface area contributed by atoms with E-state index in [2.05, 4.69) is 72.5 Å². The average molecular weight is 356 g/mol. The first-order valence-electron chi connectivity index (χ1n) is 10.9. The molecule has 0 radical (unpaired) electrons. The van der Waals surface area contributed by atoms with Gasteiger partial charge < -0.3 is 0 Å². The molecule has 0 aliphatic carbocycles. The molecule has 0 aliphatic rings. The summed E-state index contributed by atoms with van der Waals surface area (Å²) in [5.41, 5.74) is 1.49. The summed E-state index contributed by atoms with van der Waals surface area (Å²) in [6.45, 7) is 4.60. The maximum absolute atomic E-state index is 3.27. The van der Waals surface area contributed by atoms with Crippen molar-refractivity contribution in [1.29, 1.82) is 0 Å². The van der Waals surface area contributed by atoms with Gasteiger partial charge in [-0.15, -0.1) is 0 Å². The highest BCUT2D eigenvalue weighted by atomic mass is 15.1. The van der Waals surface area contributed by atoms with Gasteiger partial charge in [0.25, 0.3) is 0 Å². The first kappa shape index (κ1) is 20.7. The first-order valence-corrected chi connectivity index (χ1v) is 10.9. The minimum Gasteiger partial charge on any atom is -0.250 e. The van der Waals surface area contributed by atoms with Gasteiger partial charge in [0, 0.05) is 5.92 Å². The van der Waals surface area contributed by atoms with E-state index in [-0.39, 0.29) is 0 Å². The Morgan fingerprint density at radius 3 is 2.23 bits per heavy atom. The largest absolute Gasteiger partial charge is 0.250 e. The van der Waals surface area contributed by atoms with Gasteiger partial charge in [-0.05, 0) is 31.2 Å². The number of aromatic nitrogens is 2. The fourth-order valence-electron chi connectivity index (χ4n) is 4.10. The van der Waals surface area contributed by atoms with Gasteiger partial charge in [-0.3, -0.25) is 4.98 Å². The van der Waals surface area contributed by atoms with Crippen molar-refractivity contribution in [2.45, 2.75) is 90.5 Å². The number of rotatable bonds is 14. The first-order chi connectivity index (χ1) is 12.8. The molecular formula is C24H39N2+. The summed E-state index contributed by atoms with van der Waals surface area (Å²) >= 11 is 0. The van der Waals surface area contributed by atoms with E-state index >= 15 is 0 Å². The van der Waals surface area contributed by atoms with Gasteiger partial charge in [0.2, 0.25) is 6.33 Å². The Bertz CT molecular complexity index is 547. The molecule has 1 aromatic carbocycles. The summed E-state index contributed by atoms with van der Waals surface area (Å²) < 4.78 is 2.44. The predicted molar refractivity (Wildman–Crippen MR) is 111 cm³/mol. The van der Waals surface area contributed by atoms with Crippen LogP contribution in [-0.2, 0) is 6.42 Å². The van der Waals surface area contributed by atoms with Gasteiger partial charge >= 0.3 is 0 Å². The zero-order valence-corrected chi connectivity index (χ0v) is 17.0. The number of hydrogen-bond donors (Lipinski definition) is 1. The molecule has 2 atom stereocenters. The summed E-state index contributed by atoms with van der Waals surface area (Å²) in [5.74, 6) is 0.719. The average Bonchev–Trinajstić information content (AvgIpc) is 3.20. The second-order valence-corrected chi connectivity index (χ2v) is 7.77. The zero-order chi connectivity index (χ0) is 18.5. The third-order valence-electron chi connectivity index (χ3n) is 5.62. The second kappa shape index (κ2) is 12.7. The van der Waals surface area contributed by atoms with Crippen molar-refractivity contribution in [1.82, 2.24) is 4.98 Å². The lowest BCUT2D eigenvalue weighted by Gasteiger charge is -2.25. The SMILES string of the molecule is CCCCCCCC(Cc1ccccc1)C(CCCCC)[n+]1cc[nH]c1. The van der Waals surface area contributed by atoms with Crippen molar-refractivity contribution in [3.63, 3.8) is 0 Å². The number of hydrogen-bond acceptors (Lipinski definition) is 0. The van der Waals surface area contributed by atoms with Crippen LogP contribution in [0.3, 0.4) is 0 Å². The van der Waals surface area contributed by atoms with Gasteiger partial charge in [0.15, 0.2) is 0 Å². The number of nitrogens with one attached hydrogen (secondary N) is 1. The predicted octanol–water partition coefficient (Wildman–Crippen LogP) is 6.64. The minimum absolute atomic E-state index is 0.610. The monoisotopic (exact) mass is 355 g/mol. The Hall–Kier alpha value is -1.57. The van der Waals surface area contributed by atoms with Crippen LogP contribution >= 0.6 is 0 Å². The summed E-state index contributed by atoms with van der Waals surface area (Å²) in [7, 11) is 0. The molecule has 2 heteroatoms. The molecule has 2 unspecified atom stereocenters. The van der Waals surface area contributed by atoms with Crippen molar-refractivity contribution in [2.75, 3.05) is 0 Å². The fourth-order valence-corrected chi connectivity index (χ4v) is 4.10. The molecule has 0 saturated heterocycles. The third kappa shape index (κ3) is 7.35. The van der Waals surface area contributed by atoms with Crippen LogP contribution in [0, 0.1) is 5.92 Å². The Morgan fingerprint density at radius 2 is 1.54 bits per heavy atom. The van der Waals surface area contributed by atoms with Crippen LogP contribution in [0.4, 0.5) is 0 Å². The number of unbranched alkanes of at least 4 members (excludes halogenated alkanes) is 6. The Morgan fingerprint density at radius 1 is 0.846 bits per heavy atom. The molecule has 0 amide bonds. The summed E-state index contributed by atoms with van der Waals surface area (Å²) in [4.78, 5) is 3.27. The molecular weight excluding hydrogens is 316 g/mol. The Labute approximate surface area is 161 Å². The second-order valence-electron chi connectivity index (χ2n) is 7.77. The molecule has 1 heterocycles. The molecule has 2 rings (SSSR count). The summed E-state index contributed by atoms with van der Waals surface area (Å²) in [5, 5.41) is 0. The van der Waals surface area contributed by atoms with Gasteiger partial charge in [-0.1, -0.05) is 89.1 Å². The van der Waals surface area contributed by atoms with E-state index in [1.54, 1.807) is 0 Å². The van der Waals surface area contributed by atoms with E-state index in [9.17, 15) is 0 Å². The lowest BCUT2D eigenvalue weighted by Crippen LogP contribution is -2.42. The van der Waals surface area contributed by atoms with E-state index in [0.717, 1.165) is 5.92 Å². The van der Waals surface area contributed by atoms with E-state index in [1.807, 2.05) is 0 Å². The van der Waals surface area contributed by atoms with E-state index in [1.165, 1.54) is 76.2 Å². The van der Waals surface area contributed by atoms with Crippen molar-refractivity contribution in [3.8, 4) is 0 Å². The molecule has 1 N–H and O–H groups in total. The highest BCUT2D eigenvalue weighted by molar-refractivity contribution is 5.15. The van der Waals surface area contributed by atoms with Crippen LogP contribution in [0.15, 0.2) is 49.1 Å². The number of H-pyrrole nitrogens is 1. The molecule has 0 fully saturated rings. The maximum atomic E-state index is 3.27. The zero-order valence-electron chi connectivity index (χ0n) is 17.0. The summed E-state index contributed by atoms with van der Waals surface area (Å²) in [6, 6.07) is 11.7. The maximum Gasteiger partial charge on any atom is 0.241 e. The topological polar surface area (TPSA) is 19.7 Å². The van der Waals surface area contributed by atoms with Gasteiger partial charge in [0.1, 0.15) is 18.4 Å². The van der Waals surface area contributed by atoms with Crippen LogP contribution in [-0.4, -0.2) is 4.98 Å². The molecule has 0 spiro atoms. The number of benzene rings is 1. The standard InChI is InChI=1S/C24H38N2/c1-3-5-7-8-13-16-23(20-22-14-11-9-12-15-22)24(17-10-6-4-2)26-19-18-25-21-26/h9,11-12,14-15,18-19,21,23-24H,3-8,10,13,16-17,20H2,1-2H3/p+1. The number of nitrogens with zero attached hydrogens (tertiary/aromatic N) is 1. The minimum atomic E-state index is 0.610. The van der Waals surface area contributed by atoms with E-state index in [0.29, 0.717) is 6.04 Å². The van der Waals surface area contributed by atoms with Crippen LogP contribution < -0.4 is 4.57 Å². The fraction of sp³-hybridized carbons (Fsp3) is 0.625. The van der Waals surface area contributed by atoms with Crippen molar-refractivity contribution in [2.24, 2.45) is 5.92 Å². The Kier molecular flexibility index (Phi) is 10.2. The van der Waals surface area contributed by atoms with E-state index in [4.69, 9.17) is 0 Å². The van der Waals surface area contributed by atoms with Crippen LogP contribution in [0.25, 0.3) is 0 Å². The summed E-state index contributed by atoms with van der Waals surface area (Å²) in [6.07, 6.45) is 21.1. The molecule has 1 aromatic heterocycles. The molecule has 0 saturated carbocycles. The molecule has 26 heavy (non-hydrogen) atoms. The van der Waals surface area contributed by atoms with Crippen molar-refractivity contribution >= 4 is 0 Å². The highest BCUT2D eigenvalue weighted by Gasteiger charge is 2.26. The molecule has 2 nitrogen and oxygen atoms in total. The number of imidazole rings is 1. The molecule has 144 valence electrons. The van der Waals surface area contributed by atoms with E-state index < -0.39 is 0 Å². The Balaban J connectivity index is 2.06. The lowest BCUT2D eigenvalue weighted by molar-refractivity contribution is -0.730. The molecule has 2 aromatic rings. The number of aromatic amines is 1. The van der Waals surface area contributed by atoms with Crippen molar-refractivity contribution in [3.05, 3.63) is 54.6 Å². The lowest BCUT2D eigenvalue weighted by atomic mass is 9.84. The smallest absolute Gasteiger partial charge is 0.241 e. The van der Waals surface area contributed by atoms with Gasteiger partial charge in [-0.25, -0.2) is 4.57 Å². The quantitative estimate of drug-likeness (QED) is 0.289. The van der Waals surface area contributed by atoms with Gasteiger partial charge in [0.05, 0.1) is 0 Å². The third-order valence-corrected chi connectivity index (χ3v) is 5.62. The van der Waals surface area contributed by atoms with Gasteiger partial charge in [-0.2, -0.15) is 0 Å². The van der Waals surface area contributed by atoms with Crippen LogP contribution in [0.1, 0.15) is 89.7 Å².